The van der Waals surface area contributed by atoms with E-state index in [4.69, 9.17) is 14.9 Å². The van der Waals surface area contributed by atoms with Crippen molar-refractivity contribution in [3.05, 3.63) is 54.4 Å². The van der Waals surface area contributed by atoms with Crippen LogP contribution in [0.2, 0.25) is 0 Å². The second kappa shape index (κ2) is 4.41. The van der Waals surface area contributed by atoms with E-state index < -0.39 is 0 Å². The summed E-state index contributed by atoms with van der Waals surface area (Å²) in [6.45, 7) is 0.304. The molecule has 0 aliphatic carbocycles. The highest BCUT2D eigenvalue weighted by Crippen LogP contribution is 2.19. The molecular weight excluding hydrogens is 228 g/mol. The Balaban J connectivity index is 1.79. The van der Waals surface area contributed by atoms with Gasteiger partial charge in [-0.1, -0.05) is 18.2 Å². The van der Waals surface area contributed by atoms with Gasteiger partial charge < -0.3 is 14.9 Å². The van der Waals surface area contributed by atoms with Gasteiger partial charge in [-0.15, -0.1) is 0 Å². The zero-order valence-electron chi connectivity index (χ0n) is 9.67. The molecule has 0 spiro atoms. The van der Waals surface area contributed by atoms with Gasteiger partial charge in [-0.05, 0) is 24.3 Å². The molecule has 1 heterocycles. The van der Waals surface area contributed by atoms with E-state index in [1.807, 2.05) is 36.4 Å². The molecule has 1 aromatic heterocycles. The van der Waals surface area contributed by atoms with Gasteiger partial charge in [0.1, 0.15) is 11.3 Å². The van der Waals surface area contributed by atoms with E-state index >= 15 is 0 Å². The summed E-state index contributed by atoms with van der Waals surface area (Å²) in [5.74, 6) is 1.33. The Morgan fingerprint density at radius 3 is 2.78 bits per heavy atom. The zero-order valence-corrected chi connectivity index (χ0v) is 9.67. The van der Waals surface area contributed by atoms with E-state index in [-0.39, 0.29) is 0 Å². The lowest BCUT2D eigenvalue weighted by Crippen LogP contribution is -1.94. The van der Waals surface area contributed by atoms with E-state index in [1.54, 1.807) is 12.1 Å². The molecule has 0 aliphatic rings. The first-order valence-electron chi connectivity index (χ1n) is 5.64. The van der Waals surface area contributed by atoms with Crippen molar-refractivity contribution in [2.24, 2.45) is 0 Å². The van der Waals surface area contributed by atoms with Crippen LogP contribution in [-0.2, 0) is 6.61 Å². The van der Waals surface area contributed by atoms with Crippen LogP contribution in [0.25, 0.3) is 11.1 Å². The molecule has 4 heteroatoms. The predicted molar refractivity (Wildman–Crippen MR) is 69.2 cm³/mol. The van der Waals surface area contributed by atoms with Gasteiger partial charge in [0.15, 0.2) is 12.2 Å². The van der Waals surface area contributed by atoms with Gasteiger partial charge in [0.05, 0.1) is 0 Å². The van der Waals surface area contributed by atoms with Gasteiger partial charge in [-0.25, -0.2) is 4.98 Å². The topological polar surface area (TPSA) is 61.3 Å². The number of rotatable bonds is 3. The number of oxazole rings is 1. The van der Waals surface area contributed by atoms with E-state index in [0.717, 1.165) is 11.3 Å². The van der Waals surface area contributed by atoms with Crippen molar-refractivity contribution in [3.8, 4) is 5.75 Å². The van der Waals surface area contributed by atoms with Gasteiger partial charge in [-0.2, -0.15) is 0 Å². The SMILES string of the molecule is Nc1ccc2nc(COc3ccccc3)oc2c1. The predicted octanol–water partition coefficient (Wildman–Crippen LogP) is 2.99. The lowest BCUT2D eigenvalue weighted by molar-refractivity contribution is 0.267. The molecule has 0 atom stereocenters. The molecule has 3 aromatic rings. The van der Waals surface area contributed by atoms with Crippen LogP contribution in [0, 0.1) is 0 Å². The Morgan fingerprint density at radius 1 is 1.11 bits per heavy atom. The Hall–Kier alpha value is -2.49. The first-order valence-corrected chi connectivity index (χ1v) is 5.64. The van der Waals surface area contributed by atoms with E-state index in [9.17, 15) is 0 Å². The largest absolute Gasteiger partial charge is 0.484 e. The molecule has 0 bridgehead atoms. The maximum absolute atomic E-state index is 5.68. The fraction of sp³-hybridized carbons (Fsp3) is 0.0714. The fourth-order valence-electron chi connectivity index (χ4n) is 1.71. The van der Waals surface area contributed by atoms with Crippen molar-refractivity contribution in [1.29, 1.82) is 0 Å². The molecule has 90 valence electrons. The molecule has 0 amide bonds. The molecule has 0 unspecified atom stereocenters. The van der Waals surface area contributed by atoms with Crippen molar-refractivity contribution in [2.45, 2.75) is 6.61 Å². The average Bonchev–Trinajstić information content (AvgIpc) is 2.79. The van der Waals surface area contributed by atoms with Crippen LogP contribution in [0.5, 0.6) is 5.75 Å². The number of ether oxygens (including phenoxy) is 1. The Labute approximate surface area is 104 Å². The summed E-state index contributed by atoms with van der Waals surface area (Å²) >= 11 is 0. The molecule has 0 radical (unpaired) electrons. The monoisotopic (exact) mass is 240 g/mol. The number of nitrogen functional groups attached to an aromatic ring is 1. The number of nitrogens with zero attached hydrogens (tertiary/aromatic N) is 1. The molecule has 4 nitrogen and oxygen atoms in total. The third-order valence-corrected chi connectivity index (χ3v) is 2.56. The summed E-state index contributed by atoms with van der Waals surface area (Å²) in [6.07, 6.45) is 0. The van der Waals surface area contributed by atoms with Crippen LogP contribution in [0.15, 0.2) is 52.9 Å². The second-order valence-corrected chi connectivity index (χ2v) is 3.94. The van der Waals surface area contributed by atoms with Crippen LogP contribution in [-0.4, -0.2) is 4.98 Å². The van der Waals surface area contributed by atoms with Crippen molar-refractivity contribution in [3.63, 3.8) is 0 Å². The summed E-state index contributed by atoms with van der Waals surface area (Å²) in [7, 11) is 0. The summed E-state index contributed by atoms with van der Waals surface area (Å²) in [5, 5.41) is 0. The van der Waals surface area contributed by atoms with E-state index in [1.165, 1.54) is 0 Å². The maximum Gasteiger partial charge on any atom is 0.233 e. The quantitative estimate of drug-likeness (QED) is 0.715. The number of hydrogen-bond acceptors (Lipinski definition) is 4. The first-order chi connectivity index (χ1) is 8.81. The Morgan fingerprint density at radius 2 is 1.94 bits per heavy atom. The van der Waals surface area contributed by atoms with Crippen LogP contribution in [0.3, 0.4) is 0 Å². The summed E-state index contributed by atoms with van der Waals surface area (Å²) in [5.41, 5.74) is 7.81. The minimum Gasteiger partial charge on any atom is -0.484 e. The molecule has 0 aliphatic heterocycles. The molecule has 2 aromatic carbocycles. The number of anilines is 1. The zero-order chi connectivity index (χ0) is 12.4. The minimum atomic E-state index is 0.304. The van der Waals surface area contributed by atoms with Gasteiger partial charge >= 0.3 is 0 Å². The maximum atomic E-state index is 5.68. The first kappa shape index (κ1) is 10.7. The number of benzene rings is 2. The summed E-state index contributed by atoms with van der Waals surface area (Å²) in [4.78, 5) is 4.32. The average molecular weight is 240 g/mol. The number of aromatic nitrogens is 1. The van der Waals surface area contributed by atoms with Crippen LogP contribution < -0.4 is 10.5 Å². The lowest BCUT2D eigenvalue weighted by atomic mass is 10.3. The second-order valence-electron chi connectivity index (χ2n) is 3.94. The molecule has 2 N–H and O–H groups in total. The highest BCUT2D eigenvalue weighted by Gasteiger charge is 2.06. The Bertz CT molecular complexity index is 662. The van der Waals surface area contributed by atoms with Crippen molar-refractivity contribution >= 4 is 16.8 Å². The molecule has 3 rings (SSSR count). The summed E-state index contributed by atoms with van der Waals surface area (Å²) < 4.78 is 11.1. The molecule has 0 saturated heterocycles. The van der Waals surface area contributed by atoms with Crippen LogP contribution in [0.4, 0.5) is 5.69 Å². The highest BCUT2D eigenvalue weighted by molar-refractivity contribution is 5.76. The number of hydrogen-bond donors (Lipinski definition) is 1. The normalized spacial score (nSPS) is 10.7. The molecule has 0 saturated carbocycles. The van der Waals surface area contributed by atoms with Gasteiger partial charge in [0.2, 0.25) is 5.89 Å². The van der Waals surface area contributed by atoms with Crippen molar-refractivity contribution in [1.82, 2.24) is 4.98 Å². The fourth-order valence-corrected chi connectivity index (χ4v) is 1.71. The third kappa shape index (κ3) is 2.13. The highest BCUT2D eigenvalue weighted by atomic mass is 16.5. The Kier molecular flexibility index (Phi) is 2.61. The minimum absolute atomic E-state index is 0.304. The van der Waals surface area contributed by atoms with Gasteiger partial charge in [0, 0.05) is 11.8 Å². The van der Waals surface area contributed by atoms with Crippen molar-refractivity contribution < 1.29 is 9.15 Å². The lowest BCUT2D eigenvalue weighted by Gasteiger charge is -2.01. The molecule has 0 fully saturated rings. The van der Waals surface area contributed by atoms with Crippen LogP contribution in [0.1, 0.15) is 5.89 Å². The number of para-hydroxylation sites is 1. The smallest absolute Gasteiger partial charge is 0.233 e. The number of fused-ring (bicyclic) bond motifs is 1. The van der Waals surface area contributed by atoms with E-state index in [0.29, 0.717) is 23.8 Å². The van der Waals surface area contributed by atoms with Crippen LogP contribution >= 0.6 is 0 Å². The van der Waals surface area contributed by atoms with Crippen molar-refractivity contribution in [2.75, 3.05) is 5.73 Å². The molecule has 18 heavy (non-hydrogen) atoms. The van der Waals surface area contributed by atoms with Gasteiger partial charge in [0.25, 0.3) is 0 Å². The van der Waals surface area contributed by atoms with E-state index in [2.05, 4.69) is 4.98 Å². The third-order valence-electron chi connectivity index (χ3n) is 2.56. The molecular formula is C14H12N2O2. The van der Waals surface area contributed by atoms with Gasteiger partial charge in [-0.3, -0.25) is 0 Å². The number of nitrogens with two attached hydrogens (primary N) is 1. The standard InChI is InChI=1S/C14H12N2O2/c15-10-6-7-12-13(8-10)18-14(16-12)9-17-11-4-2-1-3-5-11/h1-8H,9,15H2. The summed E-state index contributed by atoms with van der Waals surface area (Å²) in [6, 6.07) is 14.9.